The number of ether oxygens (including phenoxy) is 2. The highest BCUT2D eigenvalue weighted by atomic mass is 31.2. The van der Waals surface area contributed by atoms with Gasteiger partial charge in [0.25, 0.3) is 0 Å². The van der Waals surface area contributed by atoms with Gasteiger partial charge in [-0.05, 0) is 12.8 Å². The van der Waals surface area contributed by atoms with E-state index in [-0.39, 0.29) is 32.3 Å². The van der Waals surface area contributed by atoms with Crippen molar-refractivity contribution in [1.82, 2.24) is 0 Å². The van der Waals surface area contributed by atoms with Crippen molar-refractivity contribution in [3.8, 4) is 0 Å². The normalized spacial score (nSPS) is 13.4. The van der Waals surface area contributed by atoms with Crippen LogP contribution in [0.5, 0.6) is 0 Å². The summed E-state index contributed by atoms with van der Waals surface area (Å²) in [5.74, 6) is -0.323. The fourth-order valence-electron chi connectivity index (χ4n) is 6.53. The first-order valence-corrected chi connectivity index (χ1v) is 23.5. The van der Waals surface area contributed by atoms with Crippen LogP contribution in [0.1, 0.15) is 226 Å². The van der Waals surface area contributed by atoms with Crippen LogP contribution in [0.15, 0.2) is 0 Å². The fraction of sp³-hybridized carbons (Fsp3) is 0.976. The Morgan fingerprint density at radius 1 is 0.510 bits per heavy atom. The van der Waals surface area contributed by atoms with Crippen LogP contribution in [0.4, 0.5) is 0 Å². The largest absolute Gasteiger partial charge is 0.472 e. The molecule has 0 aliphatic rings. The number of esters is 1. The number of phosphoric acid groups is 1. The molecule has 306 valence electrons. The quantitative estimate of drug-likeness (QED) is 0.0360. The molecule has 0 spiro atoms. The zero-order chi connectivity index (χ0) is 37.4. The molecule has 0 radical (unpaired) electrons. The minimum Gasteiger partial charge on any atom is -0.457 e. The number of carbonyl (C=O) groups excluding carboxylic acids is 1. The molecule has 0 aromatic rings. The van der Waals surface area contributed by atoms with Gasteiger partial charge in [0.2, 0.25) is 0 Å². The van der Waals surface area contributed by atoms with Gasteiger partial charge in [0.15, 0.2) is 0 Å². The van der Waals surface area contributed by atoms with E-state index < -0.39 is 13.9 Å². The van der Waals surface area contributed by atoms with E-state index in [1.165, 1.54) is 173 Å². The standard InChI is InChI=1S/C42H86NO7P/c1-3-5-7-9-11-13-15-17-18-19-20-21-22-23-24-25-27-29-31-33-35-42(44)50-41(40-49-51(45,46)48-38-36-43)39-47-37-34-32-30-28-26-16-14-12-10-8-6-4-2/h41H,3-40,43H2,1-2H3,(H,45,46). The molecule has 9 heteroatoms. The van der Waals surface area contributed by atoms with Crippen molar-refractivity contribution in [3.63, 3.8) is 0 Å². The van der Waals surface area contributed by atoms with E-state index >= 15 is 0 Å². The monoisotopic (exact) mass is 748 g/mol. The lowest BCUT2D eigenvalue weighted by molar-refractivity contribution is -0.154. The predicted molar refractivity (Wildman–Crippen MR) is 215 cm³/mol. The van der Waals surface area contributed by atoms with E-state index in [1.807, 2.05) is 0 Å². The van der Waals surface area contributed by atoms with E-state index in [2.05, 4.69) is 13.8 Å². The first-order chi connectivity index (χ1) is 24.9. The van der Waals surface area contributed by atoms with E-state index in [4.69, 9.17) is 24.3 Å². The maximum absolute atomic E-state index is 12.6. The van der Waals surface area contributed by atoms with Crippen molar-refractivity contribution in [1.29, 1.82) is 0 Å². The van der Waals surface area contributed by atoms with Crippen LogP contribution in [-0.4, -0.2) is 49.9 Å². The molecule has 8 nitrogen and oxygen atoms in total. The molecule has 2 atom stereocenters. The molecule has 0 bridgehead atoms. The van der Waals surface area contributed by atoms with E-state index in [0.29, 0.717) is 13.0 Å². The van der Waals surface area contributed by atoms with Gasteiger partial charge in [0, 0.05) is 19.6 Å². The van der Waals surface area contributed by atoms with Gasteiger partial charge in [0.05, 0.1) is 19.8 Å². The van der Waals surface area contributed by atoms with E-state index in [0.717, 1.165) is 32.1 Å². The fourth-order valence-corrected chi connectivity index (χ4v) is 7.29. The first-order valence-electron chi connectivity index (χ1n) is 22.0. The van der Waals surface area contributed by atoms with Gasteiger partial charge in [-0.3, -0.25) is 13.8 Å². The van der Waals surface area contributed by atoms with Crippen molar-refractivity contribution in [2.24, 2.45) is 5.73 Å². The molecule has 0 amide bonds. The molecule has 0 aliphatic heterocycles. The van der Waals surface area contributed by atoms with Crippen LogP contribution in [0.25, 0.3) is 0 Å². The molecule has 0 saturated carbocycles. The molecule has 0 rings (SSSR count). The summed E-state index contributed by atoms with van der Waals surface area (Å²) in [7, 11) is -4.27. The third-order valence-corrected chi connectivity index (χ3v) is 10.8. The van der Waals surface area contributed by atoms with Gasteiger partial charge < -0.3 is 20.1 Å². The Kier molecular flexibility index (Phi) is 40.3. The average molecular weight is 748 g/mol. The maximum Gasteiger partial charge on any atom is 0.472 e. The second-order valence-electron chi connectivity index (χ2n) is 14.9. The summed E-state index contributed by atoms with van der Waals surface area (Å²) >= 11 is 0. The number of carbonyl (C=O) groups is 1. The minimum absolute atomic E-state index is 0.0901. The van der Waals surface area contributed by atoms with Gasteiger partial charge in [-0.2, -0.15) is 0 Å². The number of rotatable bonds is 43. The second kappa shape index (κ2) is 40.7. The molecule has 3 N–H and O–H groups in total. The molecule has 0 aromatic carbocycles. The van der Waals surface area contributed by atoms with Gasteiger partial charge in [-0.15, -0.1) is 0 Å². The lowest BCUT2D eigenvalue weighted by Gasteiger charge is -2.20. The summed E-state index contributed by atoms with van der Waals surface area (Å²) in [6, 6.07) is 0. The molecule has 0 aromatic heterocycles. The number of unbranched alkanes of at least 4 members (excludes halogenated alkanes) is 30. The first kappa shape index (κ1) is 50.5. The summed E-state index contributed by atoms with van der Waals surface area (Å²) in [5.41, 5.74) is 5.37. The Morgan fingerprint density at radius 2 is 0.863 bits per heavy atom. The summed E-state index contributed by atoms with van der Waals surface area (Å²) in [6.07, 6.45) is 41.2. The number of hydrogen-bond acceptors (Lipinski definition) is 7. The molecule has 0 fully saturated rings. The Morgan fingerprint density at radius 3 is 1.24 bits per heavy atom. The van der Waals surface area contributed by atoms with Crippen molar-refractivity contribution < 1.29 is 32.8 Å². The Hall–Kier alpha value is -0.500. The third kappa shape index (κ3) is 40.5. The molecule has 51 heavy (non-hydrogen) atoms. The zero-order valence-corrected chi connectivity index (χ0v) is 34.8. The Balaban J connectivity index is 3.92. The summed E-state index contributed by atoms with van der Waals surface area (Å²) in [5, 5.41) is 0. The highest BCUT2D eigenvalue weighted by molar-refractivity contribution is 7.47. The lowest BCUT2D eigenvalue weighted by atomic mass is 10.0. The zero-order valence-electron chi connectivity index (χ0n) is 33.9. The van der Waals surface area contributed by atoms with Crippen molar-refractivity contribution in [3.05, 3.63) is 0 Å². The smallest absolute Gasteiger partial charge is 0.457 e. The summed E-state index contributed by atoms with van der Waals surface area (Å²) < 4.78 is 33.4. The van der Waals surface area contributed by atoms with Crippen LogP contribution in [0, 0.1) is 0 Å². The van der Waals surface area contributed by atoms with E-state index in [9.17, 15) is 14.3 Å². The maximum atomic E-state index is 12.6. The van der Waals surface area contributed by atoms with Crippen molar-refractivity contribution in [2.75, 3.05) is 33.0 Å². The van der Waals surface area contributed by atoms with Gasteiger partial charge >= 0.3 is 13.8 Å². The van der Waals surface area contributed by atoms with Gasteiger partial charge in [0.1, 0.15) is 6.10 Å². The van der Waals surface area contributed by atoms with Crippen LogP contribution < -0.4 is 5.73 Å². The van der Waals surface area contributed by atoms with Gasteiger partial charge in [-0.25, -0.2) is 4.57 Å². The average Bonchev–Trinajstić information content (AvgIpc) is 3.12. The van der Waals surface area contributed by atoms with Crippen LogP contribution in [0.3, 0.4) is 0 Å². The molecule has 0 heterocycles. The van der Waals surface area contributed by atoms with Crippen LogP contribution >= 0.6 is 7.82 Å². The van der Waals surface area contributed by atoms with Crippen molar-refractivity contribution in [2.45, 2.75) is 232 Å². The number of nitrogens with two attached hydrogens (primary N) is 1. The van der Waals surface area contributed by atoms with Crippen LogP contribution in [0.2, 0.25) is 0 Å². The Labute approximate surface area is 316 Å². The number of phosphoric ester groups is 1. The summed E-state index contributed by atoms with van der Waals surface area (Å²) in [4.78, 5) is 22.5. The third-order valence-electron chi connectivity index (χ3n) is 9.77. The van der Waals surface area contributed by atoms with E-state index in [1.54, 1.807) is 0 Å². The molecular formula is C42H86NO7P. The molecule has 0 aliphatic carbocycles. The molecular weight excluding hydrogens is 661 g/mol. The van der Waals surface area contributed by atoms with Gasteiger partial charge in [-0.1, -0.05) is 206 Å². The minimum atomic E-state index is -4.27. The molecule has 2 unspecified atom stereocenters. The lowest BCUT2D eigenvalue weighted by Crippen LogP contribution is -2.28. The highest BCUT2D eigenvalue weighted by Gasteiger charge is 2.25. The predicted octanol–water partition coefficient (Wildman–Crippen LogP) is 12.9. The van der Waals surface area contributed by atoms with Crippen LogP contribution in [-0.2, 0) is 27.9 Å². The molecule has 0 saturated heterocycles. The SMILES string of the molecule is CCCCCCCCCCCCCCCCCCCCCCC(=O)OC(COCCCCCCCCCCCCCC)COP(=O)(O)OCCN. The topological polar surface area (TPSA) is 117 Å². The number of hydrogen-bond donors (Lipinski definition) is 2. The second-order valence-corrected chi connectivity index (χ2v) is 16.4. The summed E-state index contributed by atoms with van der Waals surface area (Å²) in [6.45, 7) is 4.98. The highest BCUT2D eigenvalue weighted by Crippen LogP contribution is 2.43. The van der Waals surface area contributed by atoms with Crippen molar-refractivity contribution >= 4 is 13.8 Å². The Bertz CT molecular complexity index is 757.